The Morgan fingerprint density at radius 2 is 1.92 bits per heavy atom. The van der Waals surface area contributed by atoms with E-state index in [4.69, 9.17) is 5.10 Å². The molecule has 0 bridgehead atoms. The number of hydrogen-bond acceptors (Lipinski definition) is 3. The summed E-state index contributed by atoms with van der Waals surface area (Å²) in [5.41, 5.74) is 3.73. The first-order valence-electron chi connectivity index (χ1n) is 9.01. The number of likely N-dealkylation sites (N-methyl/N-ethyl adjacent to an activating group) is 1. The van der Waals surface area contributed by atoms with Gasteiger partial charge in [0.25, 0.3) is 0 Å². The van der Waals surface area contributed by atoms with Gasteiger partial charge in [-0.15, -0.1) is 12.4 Å². The van der Waals surface area contributed by atoms with Crippen LogP contribution in [0.15, 0.2) is 36.5 Å². The van der Waals surface area contributed by atoms with Gasteiger partial charge in [-0.3, -0.25) is 4.90 Å². The number of piperidine rings is 1. The third-order valence-electron chi connectivity index (χ3n) is 4.83. The quantitative estimate of drug-likeness (QED) is 0.898. The second-order valence-electron chi connectivity index (χ2n) is 7.90. The molecule has 0 amide bonds. The molecule has 1 aromatic carbocycles. The van der Waals surface area contributed by atoms with Crippen LogP contribution in [0.2, 0.25) is 0 Å². The molecule has 2 aromatic rings. The molecule has 1 saturated heterocycles. The van der Waals surface area contributed by atoms with E-state index in [1.165, 1.54) is 30.6 Å². The average molecular weight is 363 g/mol. The van der Waals surface area contributed by atoms with E-state index in [2.05, 4.69) is 68.5 Å². The van der Waals surface area contributed by atoms with Crippen molar-refractivity contribution in [1.29, 1.82) is 0 Å². The van der Waals surface area contributed by atoms with Crippen molar-refractivity contribution in [2.24, 2.45) is 0 Å². The molecule has 1 fully saturated rings. The van der Waals surface area contributed by atoms with Crippen LogP contribution in [0.4, 0.5) is 0 Å². The Labute approximate surface area is 158 Å². The summed E-state index contributed by atoms with van der Waals surface area (Å²) in [4.78, 5) is 2.56. The second-order valence-corrected chi connectivity index (χ2v) is 7.90. The van der Waals surface area contributed by atoms with E-state index in [0.29, 0.717) is 6.04 Å². The van der Waals surface area contributed by atoms with Gasteiger partial charge in [0.1, 0.15) is 0 Å². The predicted octanol–water partition coefficient (Wildman–Crippen LogP) is 3.78. The number of halogens is 1. The zero-order chi connectivity index (χ0) is 17.2. The number of aromatic nitrogens is 2. The first kappa shape index (κ1) is 20.0. The van der Waals surface area contributed by atoms with Crippen molar-refractivity contribution < 1.29 is 0 Å². The minimum Gasteiger partial charge on any atom is -0.316 e. The molecule has 1 aliphatic heterocycles. The van der Waals surface area contributed by atoms with E-state index < -0.39 is 0 Å². The number of nitrogens with zero attached hydrogens (tertiary/aromatic N) is 3. The van der Waals surface area contributed by atoms with Crippen molar-refractivity contribution in [3.8, 4) is 5.69 Å². The molecule has 3 rings (SSSR count). The average Bonchev–Trinajstić information content (AvgIpc) is 3.00. The fourth-order valence-electron chi connectivity index (χ4n) is 3.55. The van der Waals surface area contributed by atoms with E-state index in [9.17, 15) is 0 Å². The van der Waals surface area contributed by atoms with Crippen LogP contribution in [-0.4, -0.2) is 40.9 Å². The van der Waals surface area contributed by atoms with Crippen LogP contribution in [0.25, 0.3) is 5.69 Å². The Morgan fingerprint density at radius 1 is 1.20 bits per heavy atom. The van der Waals surface area contributed by atoms with E-state index in [0.717, 1.165) is 18.8 Å². The lowest BCUT2D eigenvalue weighted by atomic mass is 9.89. The van der Waals surface area contributed by atoms with Gasteiger partial charge in [0, 0.05) is 36.3 Å². The Morgan fingerprint density at radius 3 is 2.56 bits per heavy atom. The smallest absolute Gasteiger partial charge is 0.0727 e. The Kier molecular flexibility index (Phi) is 6.66. The zero-order valence-corrected chi connectivity index (χ0v) is 16.6. The van der Waals surface area contributed by atoms with Crippen LogP contribution in [-0.2, 0) is 12.0 Å². The van der Waals surface area contributed by atoms with E-state index in [1.807, 2.05) is 10.7 Å². The normalized spacial score (nSPS) is 18.8. The highest BCUT2D eigenvalue weighted by Gasteiger charge is 2.25. The molecule has 138 valence electrons. The molecule has 1 unspecified atom stereocenters. The van der Waals surface area contributed by atoms with Crippen molar-refractivity contribution in [2.45, 2.75) is 51.6 Å². The lowest BCUT2D eigenvalue weighted by Gasteiger charge is -2.32. The van der Waals surface area contributed by atoms with Crippen molar-refractivity contribution in [3.63, 3.8) is 0 Å². The summed E-state index contributed by atoms with van der Waals surface area (Å²) in [6.07, 6.45) is 4.77. The maximum absolute atomic E-state index is 4.93. The van der Waals surface area contributed by atoms with Gasteiger partial charge in [-0.05, 0) is 38.6 Å². The first-order valence-corrected chi connectivity index (χ1v) is 9.01. The minimum absolute atomic E-state index is 0. The lowest BCUT2D eigenvalue weighted by Crippen LogP contribution is -2.44. The molecule has 0 radical (unpaired) electrons. The van der Waals surface area contributed by atoms with Crippen molar-refractivity contribution in [1.82, 2.24) is 20.0 Å². The van der Waals surface area contributed by atoms with Crippen molar-refractivity contribution >= 4 is 12.4 Å². The summed E-state index contributed by atoms with van der Waals surface area (Å²) in [5.74, 6) is 0. The fraction of sp³-hybridized carbons (Fsp3) is 0.550. The van der Waals surface area contributed by atoms with Gasteiger partial charge < -0.3 is 5.32 Å². The standard InChI is InChI=1S/C20H30N4.ClH/c1-20(2,3)19-16(13-23-12-8-9-17(15-23)21-4)14-24(22-19)18-10-6-5-7-11-18;/h5-7,10-11,14,17,21H,8-9,12-13,15H2,1-4H3;1H. The molecule has 4 nitrogen and oxygen atoms in total. The van der Waals surface area contributed by atoms with Crippen molar-refractivity contribution in [3.05, 3.63) is 47.8 Å². The fourth-order valence-corrected chi connectivity index (χ4v) is 3.55. The van der Waals surface area contributed by atoms with Gasteiger partial charge in [0.05, 0.1) is 11.4 Å². The largest absolute Gasteiger partial charge is 0.316 e. The third kappa shape index (κ3) is 4.84. The maximum atomic E-state index is 4.93. The summed E-state index contributed by atoms with van der Waals surface area (Å²) < 4.78 is 2.04. The molecule has 0 aliphatic carbocycles. The maximum Gasteiger partial charge on any atom is 0.0727 e. The molecule has 25 heavy (non-hydrogen) atoms. The number of benzene rings is 1. The highest BCUT2D eigenvalue weighted by atomic mass is 35.5. The molecule has 2 heterocycles. The Bertz CT molecular complexity index is 660. The van der Waals surface area contributed by atoms with E-state index in [1.54, 1.807) is 0 Å². The number of hydrogen-bond donors (Lipinski definition) is 1. The summed E-state index contributed by atoms with van der Waals surface area (Å²) in [5, 5.41) is 8.36. The summed E-state index contributed by atoms with van der Waals surface area (Å²) in [7, 11) is 2.07. The van der Waals surface area contributed by atoms with Gasteiger partial charge in [-0.25, -0.2) is 4.68 Å². The molecule has 1 N–H and O–H groups in total. The number of nitrogens with one attached hydrogen (secondary N) is 1. The Balaban J connectivity index is 0.00000225. The zero-order valence-electron chi connectivity index (χ0n) is 15.8. The molecule has 0 spiro atoms. The molecule has 1 aromatic heterocycles. The Hall–Kier alpha value is -1.36. The summed E-state index contributed by atoms with van der Waals surface area (Å²) in [6, 6.07) is 11.0. The van der Waals surface area contributed by atoms with Crippen LogP contribution in [0.3, 0.4) is 0 Å². The molecule has 0 saturated carbocycles. The van der Waals surface area contributed by atoms with Crippen LogP contribution in [0.5, 0.6) is 0 Å². The van der Waals surface area contributed by atoms with Gasteiger partial charge in [0.15, 0.2) is 0 Å². The lowest BCUT2D eigenvalue weighted by molar-refractivity contribution is 0.187. The number of para-hydroxylation sites is 1. The molecular weight excluding hydrogens is 332 g/mol. The third-order valence-corrected chi connectivity index (χ3v) is 4.83. The number of rotatable bonds is 4. The topological polar surface area (TPSA) is 33.1 Å². The second kappa shape index (κ2) is 8.35. The minimum atomic E-state index is 0. The van der Waals surface area contributed by atoms with Gasteiger partial charge in [-0.1, -0.05) is 39.0 Å². The van der Waals surface area contributed by atoms with E-state index in [-0.39, 0.29) is 17.8 Å². The van der Waals surface area contributed by atoms with Crippen LogP contribution in [0, 0.1) is 0 Å². The molecular formula is C20H31ClN4. The molecule has 1 aliphatic rings. The van der Waals surface area contributed by atoms with Crippen LogP contribution >= 0.6 is 12.4 Å². The van der Waals surface area contributed by atoms with Crippen LogP contribution < -0.4 is 5.32 Å². The summed E-state index contributed by atoms with van der Waals surface area (Å²) >= 11 is 0. The van der Waals surface area contributed by atoms with Crippen molar-refractivity contribution in [2.75, 3.05) is 20.1 Å². The van der Waals surface area contributed by atoms with Gasteiger partial charge in [-0.2, -0.15) is 5.10 Å². The SMILES string of the molecule is CNC1CCCN(Cc2cn(-c3ccccc3)nc2C(C)(C)C)C1.Cl. The monoisotopic (exact) mass is 362 g/mol. The molecule has 1 atom stereocenters. The number of likely N-dealkylation sites (tertiary alicyclic amines) is 1. The van der Waals surface area contributed by atoms with Gasteiger partial charge >= 0.3 is 0 Å². The molecule has 5 heteroatoms. The first-order chi connectivity index (χ1) is 11.5. The van der Waals surface area contributed by atoms with Crippen LogP contribution in [0.1, 0.15) is 44.9 Å². The van der Waals surface area contributed by atoms with Gasteiger partial charge in [0.2, 0.25) is 0 Å². The highest BCUT2D eigenvalue weighted by molar-refractivity contribution is 5.85. The predicted molar refractivity (Wildman–Crippen MR) is 107 cm³/mol. The summed E-state index contributed by atoms with van der Waals surface area (Å²) in [6.45, 7) is 10.0. The highest BCUT2D eigenvalue weighted by Crippen LogP contribution is 2.27. The van der Waals surface area contributed by atoms with E-state index >= 15 is 0 Å².